The minimum Gasteiger partial charge on any atom is -0.457 e. The van der Waals surface area contributed by atoms with Crippen molar-refractivity contribution in [2.24, 2.45) is 0 Å². The van der Waals surface area contributed by atoms with Gasteiger partial charge in [-0.25, -0.2) is 8.42 Å². The molecular weight excluding hydrogens is 496 g/mol. The molecule has 36 heavy (non-hydrogen) atoms. The van der Waals surface area contributed by atoms with E-state index < -0.39 is 15.9 Å². The molecule has 0 saturated carbocycles. The molecule has 6 nitrogen and oxygen atoms in total. The molecule has 0 saturated heterocycles. The van der Waals surface area contributed by atoms with E-state index in [2.05, 4.69) is 5.32 Å². The molecule has 1 heterocycles. The summed E-state index contributed by atoms with van der Waals surface area (Å²) in [6, 6.07) is 28.3. The van der Waals surface area contributed by atoms with E-state index >= 15 is 0 Å². The summed E-state index contributed by atoms with van der Waals surface area (Å²) in [4.78, 5) is 13.0. The third-order valence-electron chi connectivity index (χ3n) is 6.01. The van der Waals surface area contributed by atoms with Gasteiger partial charge in [0.1, 0.15) is 11.5 Å². The maximum absolute atomic E-state index is 13.4. The van der Waals surface area contributed by atoms with Crippen LogP contribution in [0, 0.1) is 0 Å². The van der Waals surface area contributed by atoms with E-state index in [1.807, 2.05) is 54.6 Å². The smallest absolute Gasteiger partial charge is 0.257 e. The Morgan fingerprint density at radius 3 is 2.25 bits per heavy atom. The van der Waals surface area contributed by atoms with Gasteiger partial charge < -0.3 is 10.1 Å². The van der Waals surface area contributed by atoms with E-state index in [-0.39, 0.29) is 15.5 Å². The third-order valence-corrected chi connectivity index (χ3v) is 8.18. The van der Waals surface area contributed by atoms with Crippen molar-refractivity contribution in [1.29, 1.82) is 0 Å². The van der Waals surface area contributed by atoms with Crippen LogP contribution in [0.25, 0.3) is 0 Å². The molecule has 1 amide bonds. The second kappa shape index (κ2) is 10.1. The number of sulfonamides is 1. The van der Waals surface area contributed by atoms with Crippen LogP contribution in [0.5, 0.6) is 11.5 Å². The molecule has 0 fully saturated rings. The van der Waals surface area contributed by atoms with Crippen molar-refractivity contribution in [3.8, 4) is 11.5 Å². The van der Waals surface area contributed by atoms with Crippen molar-refractivity contribution in [2.45, 2.75) is 17.9 Å². The lowest BCUT2D eigenvalue weighted by Gasteiger charge is -2.28. The van der Waals surface area contributed by atoms with Gasteiger partial charge in [0.05, 0.1) is 15.5 Å². The number of hydrogen-bond acceptors (Lipinski definition) is 4. The molecule has 4 aromatic rings. The Balaban J connectivity index is 1.32. The van der Waals surface area contributed by atoms with Crippen LogP contribution in [0.2, 0.25) is 5.02 Å². The predicted molar refractivity (Wildman–Crippen MR) is 140 cm³/mol. The second-order valence-electron chi connectivity index (χ2n) is 8.39. The van der Waals surface area contributed by atoms with Crippen molar-refractivity contribution in [3.05, 3.63) is 119 Å². The van der Waals surface area contributed by atoms with E-state index in [0.29, 0.717) is 36.7 Å². The number of rotatable bonds is 6. The van der Waals surface area contributed by atoms with Crippen LogP contribution >= 0.6 is 11.6 Å². The first kappa shape index (κ1) is 24.1. The van der Waals surface area contributed by atoms with Crippen molar-refractivity contribution >= 4 is 33.2 Å². The average molecular weight is 519 g/mol. The molecular formula is C28H23ClN2O4S. The molecule has 5 rings (SSSR count). The lowest BCUT2D eigenvalue weighted by molar-refractivity contribution is 0.102. The molecule has 1 aliphatic rings. The lowest BCUT2D eigenvalue weighted by atomic mass is 10.0. The predicted octanol–water partition coefficient (Wildman–Crippen LogP) is 6.13. The number of ether oxygens (including phenoxy) is 1. The second-order valence-corrected chi connectivity index (χ2v) is 10.7. The number of anilines is 1. The van der Waals surface area contributed by atoms with Gasteiger partial charge in [0.2, 0.25) is 10.0 Å². The van der Waals surface area contributed by atoms with E-state index in [0.717, 1.165) is 11.1 Å². The largest absolute Gasteiger partial charge is 0.457 e. The number of amides is 1. The summed E-state index contributed by atoms with van der Waals surface area (Å²) in [5, 5.41) is 2.94. The van der Waals surface area contributed by atoms with Crippen LogP contribution in [0.4, 0.5) is 5.69 Å². The topological polar surface area (TPSA) is 75.7 Å². The van der Waals surface area contributed by atoms with Crippen LogP contribution in [-0.4, -0.2) is 25.2 Å². The molecule has 0 aromatic heterocycles. The number of halogens is 1. The van der Waals surface area contributed by atoms with E-state index in [1.54, 1.807) is 24.3 Å². The summed E-state index contributed by atoms with van der Waals surface area (Å²) in [5.74, 6) is 0.822. The minimum absolute atomic E-state index is 0.0306. The molecule has 0 radical (unpaired) electrons. The Labute approximate surface area is 215 Å². The van der Waals surface area contributed by atoms with Gasteiger partial charge in [0.25, 0.3) is 5.91 Å². The first-order chi connectivity index (χ1) is 17.4. The molecule has 0 spiro atoms. The first-order valence-corrected chi connectivity index (χ1v) is 13.2. The summed E-state index contributed by atoms with van der Waals surface area (Å²) >= 11 is 6.29. The van der Waals surface area contributed by atoms with E-state index in [9.17, 15) is 13.2 Å². The number of nitrogens with one attached hydrogen (secondary N) is 1. The molecule has 4 aromatic carbocycles. The minimum atomic E-state index is -3.81. The SMILES string of the molecule is O=C(Nc1ccc(Oc2ccccc2)cc1)c1cc(S(=O)(=O)N2CCc3ccccc3C2)ccc1Cl. The normalized spacial score (nSPS) is 13.6. The van der Waals surface area contributed by atoms with Crippen LogP contribution in [-0.2, 0) is 23.0 Å². The highest BCUT2D eigenvalue weighted by Crippen LogP contribution is 2.28. The Kier molecular flexibility index (Phi) is 6.78. The van der Waals surface area contributed by atoms with Crippen LogP contribution < -0.4 is 10.1 Å². The average Bonchev–Trinajstić information content (AvgIpc) is 2.90. The summed E-state index contributed by atoms with van der Waals surface area (Å²) in [6.07, 6.45) is 0.639. The molecule has 0 aliphatic carbocycles. The van der Waals surface area contributed by atoms with Gasteiger partial charge in [-0.05, 0) is 72.1 Å². The standard InChI is InChI=1S/C28H23ClN2O4S/c29-27-15-14-25(36(33,34)31-17-16-20-6-4-5-7-21(20)19-31)18-26(27)28(32)30-22-10-12-24(13-11-22)35-23-8-2-1-3-9-23/h1-15,18H,16-17,19H2,(H,30,32). The first-order valence-electron chi connectivity index (χ1n) is 11.4. The fraction of sp³-hybridized carbons (Fsp3) is 0.107. The molecule has 0 atom stereocenters. The van der Waals surface area contributed by atoms with Gasteiger partial charge >= 0.3 is 0 Å². The van der Waals surface area contributed by atoms with Crippen molar-refractivity contribution in [3.63, 3.8) is 0 Å². The van der Waals surface area contributed by atoms with Gasteiger partial charge in [-0.1, -0.05) is 54.1 Å². The lowest BCUT2D eigenvalue weighted by Crippen LogP contribution is -2.36. The maximum atomic E-state index is 13.4. The molecule has 1 N–H and O–H groups in total. The van der Waals surface area contributed by atoms with Crippen LogP contribution in [0.3, 0.4) is 0 Å². The number of carbonyl (C=O) groups is 1. The van der Waals surface area contributed by atoms with Gasteiger partial charge in [-0.2, -0.15) is 4.31 Å². The third kappa shape index (κ3) is 5.14. The quantitative estimate of drug-likeness (QED) is 0.333. The number of fused-ring (bicyclic) bond motifs is 1. The highest BCUT2D eigenvalue weighted by Gasteiger charge is 2.29. The van der Waals surface area contributed by atoms with E-state index in [4.69, 9.17) is 16.3 Å². The summed E-state index contributed by atoms with van der Waals surface area (Å²) in [5.41, 5.74) is 2.75. The Hall–Kier alpha value is -3.65. The van der Waals surface area contributed by atoms with Crippen LogP contribution in [0.1, 0.15) is 21.5 Å². The number of nitrogens with zero attached hydrogens (tertiary/aromatic N) is 1. The monoisotopic (exact) mass is 518 g/mol. The highest BCUT2D eigenvalue weighted by atomic mass is 35.5. The van der Waals surface area contributed by atoms with Crippen molar-refractivity contribution in [1.82, 2.24) is 4.31 Å². The summed E-state index contributed by atoms with van der Waals surface area (Å²) in [7, 11) is -3.81. The highest BCUT2D eigenvalue weighted by molar-refractivity contribution is 7.89. The molecule has 0 bridgehead atoms. The van der Waals surface area contributed by atoms with Gasteiger partial charge in [0, 0.05) is 18.8 Å². The van der Waals surface area contributed by atoms with Crippen molar-refractivity contribution < 1.29 is 17.9 Å². The van der Waals surface area contributed by atoms with Gasteiger partial charge in [-0.15, -0.1) is 0 Å². The zero-order chi connectivity index (χ0) is 25.1. The Bertz CT molecular complexity index is 1510. The number of benzene rings is 4. The van der Waals surface area contributed by atoms with E-state index in [1.165, 1.54) is 22.5 Å². The fourth-order valence-electron chi connectivity index (χ4n) is 4.09. The summed E-state index contributed by atoms with van der Waals surface area (Å²) < 4.78 is 33.9. The molecule has 1 aliphatic heterocycles. The number of hydrogen-bond donors (Lipinski definition) is 1. The number of para-hydroxylation sites is 1. The van der Waals surface area contributed by atoms with Gasteiger partial charge in [-0.3, -0.25) is 4.79 Å². The Morgan fingerprint density at radius 1 is 0.833 bits per heavy atom. The zero-order valence-corrected chi connectivity index (χ0v) is 20.8. The molecule has 8 heteroatoms. The fourth-order valence-corrected chi connectivity index (χ4v) is 5.74. The zero-order valence-electron chi connectivity index (χ0n) is 19.2. The Morgan fingerprint density at radius 2 is 1.50 bits per heavy atom. The van der Waals surface area contributed by atoms with Crippen molar-refractivity contribution in [2.75, 3.05) is 11.9 Å². The number of carbonyl (C=O) groups excluding carboxylic acids is 1. The van der Waals surface area contributed by atoms with Gasteiger partial charge in [0.15, 0.2) is 0 Å². The maximum Gasteiger partial charge on any atom is 0.257 e. The summed E-state index contributed by atoms with van der Waals surface area (Å²) in [6.45, 7) is 0.668. The van der Waals surface area contributed by atoms with Crippen LogP contribution in [0.15, 0.2) is 102 Å². The molecule has 0 unspecified atom stereocenters. The molecule has 182 valence electrons.